The fourth-order valence-electron chi connectivity index (χ4n) is 3.16. The van der Waals surface area contributed by atoms with Crippen molar-refractivity contribution in [3.63, 3.8) is 0 Å². The van der Waals surface area contributed by atoms with E-state index in [2.05, 4.69) is 10.2 Å². The molecule has 2 aliphatic rings. The summed E-state index contributed by atoms with van der Waals surface area (Å²) in [5.74, 6) is -1.16. The van der Waals surface area contributed by atoms with Gasteiger partial charge >= 0.3 is 5.97 Å². The quantitative estimate of drug-likeness (QED) is 0.861. The van der Waals surface area contributed by atoms with Crippen LogP contribution in [0.2, 0.25) is 0 Å². The van der Waals surface area contributed by atoms with Gasteiger partial charge in [-0.3, -0.25) is 14.5 Å². The molecule has 3 rings (SSSR count). The van der Waals surface area contributed by atoms with Crippen molar-refractivity contribution in [1.29, 1.82) is 0 Å². The Kier molecular flexibility index (Phi) is 3.44. The summed E-state index contributed by atoms with van der Waals surface area (Å²) in [4.78, 5) is 24.8. The van der Waals surface area contributed by atoms with Crippen molar-refractivity contribution in [3.05, 3.63) is 35.4 Å². The molecule has 1 amide bonds. The highest BCUT2D eigenvalue weighted by molar-refractivity contribution is 5.78. The summed E-state index contributed by atoms with van der Waals surface area (Å²) in [5.41, 5.74) is 2.00. The van der Waals surface area contributed by atoms with E-state index >= 15 is 0 Å². The molecule has 0 aliphatic carbocycles. The van der Waals surface area contributed by atoms with E-state index in [1.54, 1.807) is 0 Å². The lowest BCUT2D eigenvalue weighted by Gasteiger charge is -2.34. The van der Waals surface area contributed by atoms with E-state index in [9.17, 15) is 14.7 Å². The van der Waals surface area contributed by atoms with Gasteiger partial charge in [-0.25, -0.2) is 0 Å². The molecule has 0 bridgehead atoms. The molecule has 0 spiro atoms. The predicted octanol–water partition coefficient (Wildman–Crippen LogP) is 0.949. The van der Waals surface area contributed by atoms with Crippen LogP contribution >= 0.6 is 0 Å². The number of carboxylic acid groups (broad SMARTS) is 1. The number of benzene rings is 1. The first kappa shape index (κ1) is 13.1. The fraction of sp³-hybridized carbons (Fsp3) is 0.467. The average molecular weight is 274 g/mol. The molecule has 2 aliphatic heterocycles. The molecule has 2 heterocycles. The molecule has 2 unspecified atom stereocenters. The van der Waals surface area contributed by atoms with Crippen LogP contribution in [0.1, 0.15) is 29.9 Å². The number of carbonyl (C=O) groups is 2. The Morgan fingerprint density at radius 3 is 2.90 bits per heavy atom. The summed E-state index contributed by atoms with van der Waals surface area (Å²) in [6.07, 6.45) is 1.42. The SMILES string of the molecule is O=C1CCC(CN2Cc3ccccc3C(C(=O)O)C2)N1. The highest BCUT2D eigenvalue weighted by Gasteiger charge is 2.32. The zero-order chi connectivity index (χ0) is 14.1. The molecule has 106 valence electrons. The van der Waals surface area contributed by atoms with Gasteiger partial charge in [-0.15, -0.1) is 0 Å². The van der Waals surface area contributed by atoms with Gasteiger partial charge in [-0.2, -0.15) is 0 Å². The summed E-state index contributed by atoms with van der Waals surface area (Å²) in [5, 5.41) is 12.4. The van der Waals surface area contributed by atoms with Gasteiger partial charge in [0, 0.05) is 32.1 Å². The van der Waals surface area contributed by atoms with Gasteiger partial charge in [0.05, 0.1) is 5.92 Å². The van der Waals surface area contributed by atoms with E-state index in [1.807, 2.05) is 24.3 Å². The molecule has 1 aromatic rings. The number of nitrogens with one attached hydrogen (secondary N) is 1. The van der Waals surface area contributed by atoms with Crippen molar-refractivity contribution in [2.24, 2.45) is 0 Å². The Balaban J connectivity index is 1.76. The molecular weight excluding hydrogens is 256 g/mol. The van der Waals surface area contributed by atoms with Crippen molar-refractivity contribution in [2.45, 2.75) is 31.3 Å². The van der Waals surface area contributed by atoms with Gasteiger partial charge < -0.3 is 10.4 Å². The largest absolute Gasteiger partial charge is 0.481 e. The van der Waals surface area contributed by atoms with E-state index in [-0.39, 0.29) is 11.9 Å². The Labute approximate surface area is 117 Å². The number of hydrogen-bond donors (Lipinski definition) is 2. The van der Waals surface area contributed by atoms with Gasteiger partial charge in [0.1, 0.15) is 0 Å². The van der Waals surface area contributed by atoms with Gasteiger partial charge in [0.2, 0.25) is 5.91 Å². The number of rotatable bonds is 3. The van der Waals surface area contributed by atoms with E-state index in [0.29, 0.717) is 13.0 Å². The van der Waals surface area contributed by atoms with E-state index in [0.717, 1.165) is 30.6 Å². The van der Waals surface area contributed by atoms with Crippen LogP contribution in [0, 0.1) is 0 Å². The predicted molar refractivity (Wildman–Crippen MR) is 73.3 cm³/mol. The lowest BCUT2D eigenvalue weighted by molar-refractivity contribution is -0.139. The topological polar surface area (TPSA) is 69.6 Å². The lowest BCUT2D eigenvalue weighted by Crippen LogP contribution is -2.43. The van der Waals surface area contributed by atoms with Gasteiger partial charge in [-0.1, -0.05) is 24.3 Å². The Morgan fingerprint density at radius 1 is 1.40 bits per heavy atom. The molecule has 2 atom stereocenters. The molecule has 1 saturated heterocycles. The molecular formula is C15H18N2O3. The highest BCUT2D eigenvalue weighted by Crippen LogP contribution is 2.28. The third-order valence-electron chi connectivity index (χ3n) is 4.13. The second-order valence-electron chi connectivity index (χ2n) is 5.59. The van der Waals surface area contributed by atoms with Crippen LogP contribution in [-0.2, 0) is 16.1 Å². The number of amides is 1. The van der Waals surface area contributed by atoms with E-state index in [1.165, 1.54) is 0 Å². The standard InChI is InChI=1S/C15H18N2O3/c18-14-6-5-11(16-14)8-17-7-10-3-1-2-4-12(10)13(9-17)15(19)20/h1-4,11,13H,5-9H2,(H,16,18)(H,19,20). The van der Waals surface area contributed by atoms with E-state index < -0.39 is 11.9 Å². The van der Waals surface area contributed by atoms with E-state index in [4.69, 9.17) is 0 Å². The first-order valence-electron chi connectivity index (χ1n) is 6.96. The summed E-state index contributed by atoms with van der Waals surface area (Å²) in [6.45, 7) is 1.99. The van der Waals surface area contributed by atoms with Gasteiger partial charge in [0.15, 0.2) is 0 Å². The fourth-order valence-corrected chi connectivity index (χ4v) is 3.16. The van der Waals surface area contributed by atoms with Crippen LogP contribution < -0.4 is 5.32 Å². The molecule has 0 aromatic heterocycles. The minimum Gasteiger partial charge on any atom is -0.481 e. The van der Waals surface area contributed by atoms with Crippen LogP contribution in [-0.4, -0.2) is 41.0 Å². The smallest absolute Gasteiger partial charge is 0.312 e. The first-order chi connectivity index (χ1) is 9.63. The molecule has 0 radical (unpaired) electrons. The van der Waals surface area contributed by atoms with Crippen LogP contribution in [0.5, 0.6) is 0 Å². The number of fused-ring (bicyclic) bond motifs is 1. The third-order valence-corrected chi connectivity index (χ3v) is 4.13. The maximum atomic E-state index is 11.5. The molecule has 20 heavy (non-hydrogen) atoms. The molecule has 1 fully saturated rings. The van der Waals surface area contributed by atoms with Crippen molar-refractivity contribution in [1.82, 2.24) is 10.2 Å². The minimum absolute atomic E-state index is 0.0993. The molecule has 2 N–H and O–H groups in total. The maximum absolute atomic E-state index is 11.5. The third kappa shape index (κ3) is 2.54. The van der Waals surface area contributed by atoms with Crippen LogP contribution in [0.25, 0.3) is 0 Å². The lowest BCUT2D eigenvalue weighted by atomic mass is 9.89. The normalized spacial score (nSPS) is 26.1. The zero-order valence-corrected chi connectivity index (χ0v) is 11.2. The van der Waals surface area contributed by atoms with Crippen molar-refractivity contribution in [2.75, 3.05) is 13.1 Å². The Hall–Kier alpha value is -1.88. The summed E-state index contributed by atoms with van der Waals surface area (Å²) < 4.78 is 0. The number of hydrogen-bond acceptors (Lipinski definition) is 3. The second kappa shape index (κ2) is 5.25. The summed E-state index contributed by atoms with van der Waals surface area (Å²) >= 11 is 0. The number of carbonyl (C=O) groups excluding carboxylic acids is 1. The minimum atomic E-state index is -0.780. The summed E-state index contributed by atoms with van der Waals surface area (Å²) in [7, 11) is 0. The molecule has 5 heteroatoms. The van der Waals surface area contributed by atoms with Gasteiger partial charge in [-0.05, 0) is 17.5 Å². The molecule has 1 aromatic carbocycles. The Morgan fingerprint density at radius 2 is 2.20 bits per heavy atom. The zero-order valence-electron chi connectivity index (χ0n) is 11.2. The van der Waals surface area contributed by atoms with Crippen molar-refractivity contribution in [3.8, 4) is 0 Å². The molecule has 5 nitrogen and oxygen atoms in total. The van der Waals surface area contributed by atoms with Gasteiger partial charge in [0.25, 0.3) is 0 Å². The molecule has 0 saturated carbocycles. The number of carboxylic acids is 1. The van der Waals surface area contributed by atoms with Crippen molar-refractivity contribution < 1.29 is 14.7 Å². The first-order valence-corrected chi connectivity index (χ1v) is 6.96. The number of aliphatic carboxylic acids is 1. The van der Waals surface area contributed by atoms with Crippen molar-refractivity contribution >= 4 is 11.9 Å². The number of nitrogens with zero attached hydrogens (tertiary/aromatic N) is 1. The Bertz CT molecular complexity index is 544. The van der Waals surface area contributed by atoms with Crippen LogP contribution in [0.4, 0.5) is 0 Å². The van der Waals surface area contributed by atoms with Crippen LogP contribution in [0.3, 0.4) is 0 Å². The average Bonchev–Trinajstić information content (AvgIpc) is 2.83. The maximum Gasteiger partial charge on any atom is 0.312 e. The summed E-state index contributed by atoms with van der Waals surface area (Å²) in [6, 6.07) is 7.88. The second-order valence-corrected chi connectivity index (χ2v) is 5.59. The monoisotopic (exact) mass is 274 g/mol. The van der Waals surface area contributed by atoms with Crippen LogP contribution in [0.15, 0.2) is 24.3 Å². The highest BCUT2D eigenvalue weighted by atomic mass is 16.4.